The van der Waals surface area contributed by atoms with Crippen molar-refractivity contribution < 1.29 is 19.5 Å². The second kappa shape index (κ2) is 8.86. The second-order valence-electron chi connectivity index (χ2n) is 10.9. The SMILES string of the molecule is CNC(=O)[C@H]1[C@H]2C(=O)N([C@@H](CO)CC(C)C)C(C(=O)Nc3cc(C)ccc3C)C23CC[C@]1(C)S3. The van der Waals surface area contributed by atoms with E-state index in [9.17, 15) is 19.5 Å². The van der Waals surface area contributed by atoms with Gasteiger partial charge in [-0.1, -0.05) is 26.0 Å². The molecule has 2 unspecified atom stereocenters. The van der Waals surface area contributed by atoms with E-state index in [0.29, 0.717) is 12.8 Å². The standard InChI is InChI=1S/C26H37N3O4S/c1-14(2)11-17(13-30)29-21(23(32)28-18-12-15(3)7-8-16(18)4)26-10-9-25(5,34-26)19(22(31)27-6)20(26)24(29)33/h7-8,12,14,17,19-21,30H,9-11,13H2,1-6H3,(H,27,31)(H,28,32)/t17-,19-,20+,21?,25+,26?/m1/s1. The number of aryl methyl sites for hydroxylation is 2. The Bertz CT molecular complexity index is 1010. The molecule has 3 aliphatic heterocycles. The van der Waals surface area contributed by atoms with E-state index in [1.807, 2.05) is 45.9 Å². The first-order valence-corrected chi connectivity index (χ1v) is 13.0. The van der Waals surface area contributed by atoms with Crippen LogP contribution in [0, 0.1) is 31.6 Å². The van der Waals surface area contributed by atoms with Crippen molar-refractivity contribution in [2.24, 2.45) is 17.8 Å². The van der Waals surface area contributed by atoms with Crippen LogP contribution in [0.4, 0.5) is 5.69 Å². The van der Waals surface area contributed by atoms with Gasteiger partial charge in [0.1, 0.15) is 6.04 Å². The molecular weight excluding hydrogens is 450 g/mol. The largest absolute Gasteiger partial charge is 0.394 e. The van der Waals surface area contributed by atoms with E-state index in [2.05, 4.69) is 17.6 Å². The zero-order valence-electron chi connectivity index (χ0n) is 21.0. The number of aliphatic hydroxyl groups excluding tert-OH is 1. The summed E-state index contributed by atoms with van der Waals surface area (Å²) in [6.07, 6.45) is 2.05. The van der Waals surface area contributed by atoms with Crippen molar-refractivity contribution >= 4 is 35.2 Å². The number of hydrogen-bond donors (Lipinski definition) is 3. The number of amides is 3. The molecule has 1 aromatic rings. The molecule has 3 saturated heterocycles. The van der Waals surface area contributed by atoms with Crippen molar-refractivity contribution in [2.75, 3.05) is 19.0 Å². The molecule has 3 heterocycles. The van der Waals surface area contributed by atoms with Crippen LogP contribution in [0.15, 0.2) is 18.2 Å². The van der Waals surface area contributed by atoms with Crippen LogP contribution in [0.3, 0.4) is 0 Å². The lowest BCUT2D eigenvalue weighted by Gasteiger charge is -2.37. The van der Waals surface area contributed by atoms with Crippen molar-refractivity contribution in [1.82, 2.24) is 10.2 Å². The minimum absolute atomic E-state index is 0.144. The molecule has 0 saturated carbocycles. The maximum atomic E-state index is 14.1. The maximum Gasteiger partial charge on any atom is 0.248 e. The lowest BCUT2D eigenvalue weighted by molar-refractivity contribution is -0.142. The maximum absolute atomic E-state index is 14.1. The summed E-state index contributed by atoms with van der Waals surface area (Å²) in [5.74, 6) is -1.39. The van der Waals surface area contributed by atoms with Crippen LogP contribution in [0.5, 0.6) is 0 Å². The smallest absolute Gasteiger partial charge is 0.248 e. The number of carbonyl (C=O) groups excluding carboxylic acids is 3. The van der Waals surface area contributed by atoms with Crippen molar-refractivity contribution in [3.63, 3.8) is 0 Å². The number of nitrogens with zero attached hydrogens (tertiary/aromatic N) is 1. The van der Waals surface area contributed by atoms with Crippen LogP contribution in [0.1, 0.15) is 51.2 Å². The molecule has 0 radical (unpaired) electrons. The Morgan fingerprint density at radius 2 is 1.94 bits per heavy atom. The number of rotatable bonds is 7. The highest BCUT2D eigenvalue weighted by Crippen LogP contribution is 2.71. The van der Waals surface area contributed by atoms with Gasteiger partial charge in [-0.3, -0.25) is 14.4 Å². The highest BCUT2D eigenvalue weighted by Gasteiger charge is 2.77. The van der Waals surface area contributed by atoms with E-state index in [1.54, 1.807) is 23.7 Å². The van der Waals surface area contributed by atoms with Gasteiger partial charge >= 0.3 is 0 Å². The second-order valence-corrected chi connectivity index (χ2v) is 12.8. The molecule has 4 rings (SSSR count). The van der Waals surface area contributed by atoms with Gasteiger partial charge in [-0.05, 0) is 63.1 Å². The molecular formula is C26H37N3O4S. The molecule has 2 bridgehead atoms. The van der Waals surface area contributed by atoms with Crippen molar-refractivity contribution in [3.05, 3.63) is 29.3 Å². The third kappa shape index (κ3) is 3.73. The molecule has 0 aromatic heterocycles. The first-order chi connectivity index (χ1) is 16.0. The summed E-state index contributed by atoms with van der Waals surface area (Å²) in [4.78, 5) is 42.7. The van der Waals surface area contributed by atoms with E-state index >= 15 is 0 Å². The minimum Gasteiger partial charge on any atom is -0.394 e. The van der Waals surface area contributed by atoms with Gasteiger partial charge in [0, 0.05) is 17.5 Å². The fourth-order valence-electron chi connectivity index (χ4n) is 6.50. The van der Waals surface area contributed by atoms with Gasteiger partial charge in [-0.2, -0.15) is 0 Å². The molecule has 186 valence electrons. The molecule has 1 aromatic carbocycles. The summed E-state index contributed by atoms with van der Waals surface area (Å²) in [5, 5.41) is 16.2. The quantitative estimate of drug-likeness (QED) is 0.549. The number of hydrogen-bond acceptors (Lipinski definition) is 5. The minimum atomic E-state index is -0.748. The van der Waals surface area contributed by atoms with E-state index in [1.165, 1.54) is 0 Å². The van der Waals surface area contributed by atoms with Crippen LogP contribution in [-0.4, -0.2) is 63.0 Å². The topological polar surface area (TPSA) is 98.7 Å². The first-order valence-electron chi connectivity index (χ1n) is 12.2. The van der Waals surface area contributed by atoms with Gasteiger partial charge in [0.15, 0.2) is 0 Å². The van der Waals surface area contributed by atoms with Crippen LogP contribution in [-0.2, 0) is 14.4 Å². The highest BCUT2D eigenvalue weighted by molar-refractivity contribution is 8.02. The van der Waals surface area contributed by atoms with Crippen LogP contribution in [0.2, 0.25) is 0 Å². The van der Waals surface area contributed by atoms with Crippen LogP contribution in [0.25, 0.3) is 0 Å². The van der Waals surface area contributed by atoms with E-state index in [-0.39, 0.29) is 30.2 Å². The summed E-state index contributed by atoms with van der Waals surface area (Å²) in [6, 6.07) is 4.69. The molecule has 6 atom stereocenters. The number of aliphatic hydroxyl groups is 1. The number of nitrogens with one attached hydrogen (secondary N) is 2. The number of anilines is 1. The Morgan fingerprint density at radius 3 is 2.56 bits per heavy atom. The van der Waals surface area contributed by atoms with Gasteiger partial charge in [-0.25, -0.2) is 0 Å². The normalized spacial score (nSPS) is 32.8. The van der Waals surface area contributed by atoms with Gasteiger partial charge in [-0.15, -0.1) is 11.8 Å². The molecule has 3 fully saturated rings. The number of benzene rings is 1. The molecule has 3 amide bonds. The monoisotopic (exact) mass is 487 g/mol. The molecule has 0 aliphatic carbocycles. The Labute approximate surface area is 206 Å². The van der Waals surface area contributed by atoms with Gasteiger partial charge in [0.05, 0.1) is 29.2 Å². The zero-order chi connectivity index (χ0) is 25.0. The molecule has 34 heavy (non-hydrogen) atoms. The Balaban J connectivity index is 1.80. The lowest BCUT2D eigenvalue weighted by atomic mass is 9.66. The summed E-state index contributed by atoms with van der Waals surface area (Å²) in [5.41, 5.74) is 2.71. The molecule has 7 nitrogen and oxygen atoms in total. The molecule has 8 heteroatoms. The lowest BCUT2D eigenvalue weighted by Crippen LogP contribution is -2.55. The summed E-state index contributed by atoms with van der Waals surface area (Å²) in [6.45, 7) is 9.85. The van der Waals surface area contributed by atoms with Crippen molar-refractivity contribution in [1.29, 1.82) is 0 Å². The molecule has 1 spiro atoms. The van der Waals surface area contributed by atoms with Crippen LogP contribution >= 0.6 is 11.8 Å². The number of carbonyl (C=O) groups is 3. The Morgan fingerprint density at radius 1 is 1.24 bits per heavy atom. The molecule has 3 aliphatic rings. The van der Waals surface area contributed by atoms with E-state index in [4.69, 9.17) is 0 Å². The van der Waals surface area contributed by atoms with E-state index < -0.39 is 33.4 Å². The average molecular weight is 488 g/mol. The zero-order valence-corrected chi connectivity index (χ0v) is 21.8. The van der Waals surface area contributed by atoms with E-state index in [0.717, 1.165) is 23.2 Å². The number of likely N-dealkylation sites (tertiary alicyclic amines) is 1. The fourth-order valence-corrected chi connectivity index (χ4v) is 8.85. The summed E-state index contributed by atoms with van der Waals surface area (Å²) >= 11 is 1.65. The highest BCUT2D eigenvalue weighted by atomic mass is 32.2. The van der Waals surface area contributed by atoms with Crippen LogP contribution < -0.4 is 10.6 Å². The Kier molecular flexibility index (Phi) is 6.53. The van der Waals surface area contributed by atoms with Gasteiger partial charge in [0.2, 0.25) is 17.7 Å². The third-order valence-corrected chi connectivity index (χ3v) is 9.98. The predicted molar refractivity (Wildman–Crippen MR) is 135 cm³/mol. The summed E-state index contributed by atoms with van der Waals surface area (Å²) < 4.78 is -1.08. The van der Waals surface area contributed by atoms with Gasteiger partial charge in [0.25, 0.3) is 0 Å². The predicted octanol–water partition coefficient (Wildman–Crippen LogP) is 2.88. The first kappa shape index (κ1) is 25.0. The number of fused-ring (bicyclic) bond motifs is 1. The Hall–Kier alpha value is -2.06. The summed E-state index contributed by atoms with van der Waals surface area (Å²) in [7, 11) is 1.60. The fraction of sp³-hybridized carbons (Fsp3) is 0.654. The third-order valence-electron chi connectivity index (χ3n) is 7.99. The number of thioether (sulfide) groups is 1. The average Bonchev–Trinajstić information content (AvgIpc) is 3.34. The van der Waals surface area contributed by atoms with Crippen molar-refractivity contribution in [3.8, 4) is 0 Å². The van der Waals surface area contributed by atoms with Crippen molar-refractivity contribution in [2.45, 2.75) is 75.5 Å². The van der Waals surface area contributed by atoms with Gasteiger partial charge < -0.3 is 20.6 Å². The molecule has 3 N–H and O–H groups in total.